The van der Waals surface area contributed by atoms with Crippen molar-refractivity contribution in [2.45, 2.75) is 69.1 Å². The molecular formula is C31H42N2O7. The van der Waals surface area contributed by atoms with Crippen molar-refractivity contribution in [2.75, 3.05) is 38.3 Å². The summed E-state index contributed by atoms with van der Waals surface area (Å²) in [5.41, 5.74) is -1.33. The zero-order chi connectivity index (χ0) is 28.9. The fourth-order valence-corrected chi connectivity index (χ4v) is 6.94. The van der Waals surface area contributed by atoms with Crippen molar-refractivity contribution in [2.24, 2.45) is 11.8 Å². The van der Waals surface area contributed by atoms with Crippen LogP contribution in [0.5, 0.6) is 5.75 Å². The van der Waals surface area contributed by atoms with Crippen LogP contribution < -0.4 is 9.64 Å². The maximum atomic E-state index is 14.6. The molecule has 3 aliphatic rings. The number of likely N-dealkylation sites (tertiary alicyclic amines) is 1. The van der Waals surface area contributed by atoms with Gasteiger partial charge >= 0.3 is 5.97 Å². The van der Waals surface area contributed by atoms with Crippen molar-refractivity contribution in [1.82, 2.24) is 4.90 Å². The molecule has 2 unspecified atom stereocenters. The number of rotatable bonds is 15. The summed E-state index contributed by atoms with van der Waals surface area (Å²) < 4.78 is 17.6. The van der Waals surface area contributed by atoms with Gasteiger partial charge in [0.1, 0.15) is 29.9 Å². The number of carbonyl (C=O) groups is 3. The Labute approximate surface area is 236 Å². The number of methoxy groups -OCH3 is 1. The van der Waals surface area contributed by atoms with E-state index in [1.165, 1.54) is 6.08 Å². The van der Waals surface area contributed by atoms with Crippen LogP contribution in [-0.2, 0) is 23.9 Å². The van der Waals surface area contributed by atoms with Gasteiger partial charge in [-0.15, -0.1) is 6.58 Å². The monoisotopic (exact) mass is 554 g/mol. The van der Waals surface area contributed by atoms with E-state index in [9.17, 15) is 14.4 Å². The Balaban J connectivity index is 1.74. The summed E-state index contributed by atoms with van der Waals surface area (Å²) in [5, 5.41) is 9.16. The number of benzene rings is 1. The van der Waals surface area contributed by atoms with Crippen molar-refractivity contribution in [1.29, 1.82) is 0 Å². The summed E-state index contributed by atoms with van der Waals surface area (Å²) in [6.45, 7) is 10.2. The van der Waals surface area contributed by atoms with E-state index in [2.05, 4.69) is 13.2 Å². The molecule has 0 saturated carbocycles. The Morgan fingerprint density at radius 2 is 1.88 bits per heavy atom. The molecule has 1 spiro atoms. The minimum Gasteiger partial charge on any atom is -0.497 e. The molecule has 5 atom stereocenters. The largest absolute Gasteiger partial charge is 0.497 e. The first-order chi connectivity index (χ1) is 19.3. The molecule has 1 N–H and O–H groups in total. The number of aliphatic hydroxyl groups excluding tert-OH is 1. The van der Waals surface area contributed by atoms with Gasteiger partial charge in [-0.1, -0.05) is 38.5 Å². The van der Waals surface area contributed by atoms with Crippen LogP contribution in [0.2, 0.25) is 0 Å². The summed E-state index contributed by atoms with van der Waals surface area (Å²) in [7, 11) is 1.58. The van der Waals surface area contributed by atoms with Crippen LogP contribution in [0.4, 0.5) is 5.69 Å². The molecule has 0 radical (unpaired) electrons. The highest BCUT2D eigenvalue weighted by Gasteiger charge is 2.79. The second-order valence-electron chi connectivity index (χ2n) is 10.9. The third-order valence-electron chi connectivity index (χ3n) is 8.78. The van der Waals surface area contributed by atoms with Gasteiger partial charge in [0.15, 0.2) is 0 Å². The van der Waals surface area contributed by atoms with Gasteiger partial charge in [0.05, 0.1) is 18.6 Å². The molecule has 40 heavy (non-hydrogen) atoms. The molecule has 9 heteroatoms. The molecule has 0 aliphatic carbocycles. The normalized spacial score (nSPS) is 28.3. The number of aliphatic hydroxyl groups is 1. The Kier molecular flexibility index (Phi) is 9.36. The second kappa shape index (κ2) is 12.6. The number of amides is 2. The zero-order valence-electron chi connectivity index (χ0n) is 23.7. The number of nitrogens with zero attached hydrogens (tertiary/aromatic N) is 2. The predicted molar refractivity (Wildman–Crippen MR) is 151 cm³/mol. The average molecular weight is 555 g/mol. The fraction of sp³-hybridized carbons (Fsp3) is 0.581. The fourth-order valence-electron chi connectivity index (χ4n) is 6.94. The number of esters is 1. The van der Waals surface area contributed by atoms with Crippen LogP contribution in [0.3, 0.4) is 0 Å². The molecular weight excluding hydrogens is 512 g/mol. The molecule has 3 heterocycles. The van der Waals surface area contributed by atoms with Crippen LogP contribution >= 0.6 is 0 Å². The smallest absolute Gasteiger partial charge is 0.313 e. The number of anilines is 1. The molecule has 9 nitrogen and oxygen atoms in total. The van der Waals surface area contributed by atoms with Crippen molar-refractivity contribution < 1.29 is 33.7 Å². The SMILES string of the molecule is C=CCOC(=O)[C@@H]1[C@H]2C(=O)N(CCCCCCO)C(C(=O)N(CC=C)c3ccc(OC)cc3)C23CC[C@@]1(CC)O3. The molecule has 3 fully saturated rings. The predicted octanol–water partition coefficient (Wildman–Crippen LogP) is 3.65. The molecule has 3 saturated heterocycles. The van der Waals surface area contributed by atoms with Gasteiger partial charge in [0.2, 0.25) is 5.91 Å². The van der Waals surface area contributed by atoms with Gasteiger partial charge in [-0.2, -0.15) is 0 Å². The van der Waals surface area contributed by atoms with E-state index in [-0.39, 0.29) is 31.6 Å². The van der Waals surface area contributed by atoms with Crippen LogP contribution in [0, 0.1) is 11.8 Å². The van der Waals surface area contributed by atoms with E-state index in [1.54, 1.807) is 47.3 Å². The lowest BCUT2D eigenvalue weighted by Gasteiger charge is -2.37. The Bertz CT molecular complexity index is 1110. The van der Waals surface area contributed by atoms with Crippen molar-refractivity contribution in [3.8, 4) is 5.75 Å². The maximum Gasteiger partial charge on any atom is 0.313 e. The first kappa shape index (κ1) is 29.8. The highest BCUT2D eigenvalue weighted by Crippen LogP contribution is 2.64. The Hall–Kier alpha value is -3.17. The Morgan fingerprint density at radius 3 is 2.50 bits per heavy atom. The van der Waals surface area contributed by atoms with Crippen molar-refractivity contribution >= 4 is 23.5 Å². The summed E-state index contributed by atoms with van der Waals surface area (Å²) in [5.74, 6) is -1.89. The van der Waals surface area contributed by atoms with Crippen molar-refractivity contribution in [3.05, 3.63) is 49.6 Å². The van der Waals surface area contributed by atoms with E-state index in [1.807, 2.05) is 6.92 Å². The molecule has 3 aliphatic heterocycles. The quantitative estimate of drug-likeness (QED) is 0.200. The lowest BCUT2D eigenvalue weighted by atomic mass is 9.65. The molecule has 4 rings (SSSR count). The summed E-state index contributed by atoms with van der Waals surface area (Å²) in [4.78, 5) is 45.5. The third kappa shape index (κ3) is 5.05. The highest BCUT2D eigenvalue weighted by atomic mass is 16.6. The molecule has 218 valence electrons. The van der Waals surface area contributed by atoms with Crippen LogP contribution in [0.15, 0.2) is 49.6 Å². The number of carbonyl (C=O) groups excluding carboxylic acids is 3. The number of unbranched alkanes of at least 4 members (excludes halogenated alkanes) is 3. The average Bonchev–Trinajstić information content (AvgIpc) is 3.58. The Morgan fingerprint density at radius 1 is 1.15 bits per heavy atom. The lowest BCUT2D eigenvalue weighted by molar-refractivity contribution is -0.159. The van der Waals surface area contributed by atoms with Gasteiger partial charge < -0.3 is 29.1 Å². The van der Waals surface area contributed by atoms with Crippen LogP contribution in [0.25, 0.3) is 0 Å². The minimum atomic E-state index is -1.13. The van der Waals surface area contributed by atoms with E-state index in [0.29, 0.717) is 50.1 Å². The molecule has 1 aromatic rings. The van der Waals surface area contributed by atoms with Gasteiger partial charge in [-0.3, -0.25) is 14.4 Å². The number of fused-ring (bicyclic) bond motifs is 1. The molecule has 2 amide bonds. The maximum absolute atomic E-state index is 14.6. The first-order valence-corrected chi connectivity index (χ1v) is 14.3. The first-order valence-electron chi connectivity index (χ1n) is 14.3. The summed E-state index contributed by atoms with van der Waals surface area (Å²) >= 11 is 0. The number of hydrogen-bond acceptors (Lipinski definition) is 7. The summed E-state index contributed by atoms with van der Waals surface area (Å²) in [6.07, 6.45) is 7.76. The number of ether oxygens (including phenoxy) is 3. The van der Waals surface area contributed by atoms with Gasteiger partial charge in [-0.05, 0) is 56.4 Å². The van der Waals surface area contributed by atoms with Gasteiger partial charge in [0, 0.05) is 25.4 Å². The number of hydrogen-bond donors (Lipinski definition) is 1. The highest BCUT2D eigenvalue weighted by molar-refractivity contribution is 6.04. The van der Waals surface area contributed by atoms with Crippen LogP contribution in [0.1, 0.15) is 51.9 Å². The van der Waals surface area contributed by atoms with E-state index >= 15 is 0 Å². The minimum absolute atomic E-state index is 0.0462. The molecule has 1 aromatic carbocycles. The zero-order valence-corrected chi connectivity index (χ0v) is 23.7. The lowest BCUT2D eigenvalue weighted by Crippen LogP contribution is -2.56. The topological polar surface area (TPSA) is 106 Å². The third-order valence-corrected chi connectivity index (χ3v) is 8.78. The van der Waals surface area contributed by atoms with Crippen molar-refractivity contribution in [3.63, 3.8) is 0 Å². The van der Waals surface area contributed by atoms with Gasteiger partial charge in [0.25, 0.3) is 5.91 Å². The molecule has 0 aromatic heterocycles. The van der Waals surface area contributed by atoms with E-state index in [0.717, 1.165) is 12.8 Å². The standard InChI is InChI=1S/C31H42N2O7/c1-5-18-32(22-12-14-23(38-4)15-13-22)28(36)26-31-17-16-30(7-3,40-31)25(29(37)39-21-6-2)24(31)27(35)33(26)19-10-8-9-11-20-34/h5-6,12-15,24-26,34H,1-2,7-11,16-21H2,3-4H3/t24-,25-,26?,30+,31?/m0/s1. The van der Waals surface area contributed by atoms with Gasteiger partial charge in [-0.25, -0.2) is 0 Å². The van der Waals surface area contributed by atoms with Crippen LogP contribution in [-0.4, -0.2) is 78.4 Å². The summed E-state index contributed by atoms with van der Waals surface area (Å²) in [6, 6.07) is 6.29. The van der Waals surface area contributed by atoms with E-state index in [4.69, 9.17) is 19.3 Å². The second-order valence-corrected chi connectivity index (χ2v) is 10.9. The van der Waals surface area contributed by atoms with E-state index < -0.39 is 35.0 Å². The molecule has 2 bridgehead atoms.